The smallest absolute Gasteiger partial charge is 0.346 e. The van der Waals surface area contributed by atoms with Gasteiger partial charge in [-0.25, -0.2) is 9.59 Å². The van der Waals surface area contributed by atoms with Gasteiger partial charge >= 0.3 is 11.9 Å². The molecule has 3 heteroatoms. The Kier molecular flexibility index (Phi) is 11.2. The molecule has 3 nitrogen and oxygen atoms in total. The summed E-state index contributed by atoms with van der Waals surface area (Å²) in [6.07, 6.45) is 22.0. The lowest BCUT2D eigenvalue weighted by Gasteiger charge is -2.02. The minimum atomic E-state index is -0.556. The average molecular weight is 320 g/mol. The van der Waals surface area contributed by atoms with Crippen molar-refractivity contribution >= 4 is 11.9 Å². The van der Waals surface area contributed by atoms with Gasteiger partial charge in [-0.3, -0.25) is 0 Å². The van der Waals surface area contributed by atoms with Gasteiger partial charge in [-0.05, 0) is 12.8 Å². The topological polar surface area (TPSA) is 43.4 Å². The van der Waals surface area contributed by atoms with Crippen LogP contribution < -0.4 is 0 Å². The molecule has 0 aromatic heterocycles. The highest BCUT2D eigenvalue weighted by Crippen LogP contribution is 2.13. The molecule has 0 radical (unpaired) electrons. The number of unbranched alkanes of at least 4 members (excludes halogenated alkanes) is 12. The molecule has 0 aliphatic carbocycles. The van der Waals surface area contributed by atoms with E-state index in [2.05, 4.69) is 11.7 Å². The molecule has 23 heavy (non-hydrogen) atoms. The molecule has 0 fully saturated rings. The van der Waals surface area contributed by atoms with Crippen molar-refractivity contribution in [3.63, 3.8) is 0 Å². The summed E-state index contributed by atoms with van der Waals surface area (Å²) >= 11 is 0. The van der Waals surface area contributed by atoms with E-state index in [1.165, 1.54) is 76.7 Å². The zero-order valence-electron chi connectivity index (χ0n) is 14.6. The number of rotatable bonds is 14. The maximum Gasteiger partial charge on any atom is 0.346 e. The van der Waals surface area contributed by atoms with Crippen molar-refractivity contribution in [2.45, 2.75) is 90.4 Å². The van der Waals surface area contributed by atoms with E-state index in [9.17, 15) is 9.59 Å². The van der Waals surface area contributed by atoms with Crippen molar-refractivity contribution < 1.29 is 14.3 Å². The number of hydrogen-bond acceptors (Lipinski definition) is 3. The Hall–Kier alpha value is -1.38. The minimum absolute atomic E-state index is 0.369. The molecule has 130 valence electrons. The first kappa shape index (κ1) is 19.7. The van der Waals surface area contributed by atoms with Gasteiger partial charge in [0.25, 0.3) is 0 Å². The average Bonchev–Trinajstić information content (AvgIpc) is 2.85. The fourth-order valence-electron chi connectivity index (χ4n) is 2.80. The zero-order valence-corrected chi connectivity index (χ0v) is 14.6. The van der Waals surface area contributed by atoms with E-state index in [-0.39, 0.29) is 0 Å². The van der Waals surface area contributed by atoms with Crippen LogP contribution in [0.3, 0.4) is 0 Å². The van der Waals surface area contributed by atoms with Crippen LogP contribution in [-0.4, -0.2) is 11.9 Å². The summed E-state index contributed by atoms with van der Waals surface area (Å²) in [7, 11) is 0. The molecule has 0 atom stereocenters. The van der Waals surface area contributed by atoms with E-state index < -0.39 is 11.9 Å². The van der Waals surface area contributed by atoms with E-state index in [0.717, 1.165) is 12.8 Å². The molecular formula is C20H32O3. The normalized spacial score (nSPS) is 14.6. The standard InChI is InChI=1S/C20H32O3/c1-2-3-4-5-6-7-8-9-10-11-12-13-14-15-16-18-17-19(21)23-20(18)22/h15-17H,2-14H2,1H3/b16-15+. The van der Waals surface area contributed by atoms with Gasteiger partial charge in [0.15, 0.2) is 0 Å². The molecule has 1 aliphatic heterocycles. The highest BCUT2D eigenvalue weighted by molar-refractivity contribution is 6.10. The third-order valence-corrected chi connectivity index (χ3v) is 4.22. The van der Waals surface area contributed by atoms with Crippen molar-refractivity contribution in [2.75, 3.05) is 0 Å². The Labute approximate surface area is 141 Å². The van der Waals surface area contributed by atoms with E-state index in [4.69, 9.17) is 0 Å². The lowest BCUT2D eigenvalue weighted by atomic mass is 10.0. The lowest BCUT2D eigenvalue weighted by Crippen LogP contribution is -2.00. The number of carbonyl (C=O) groups is 2. The molecule has 0 aromatic rings. The molecule has 0 N–H and O–H groups in total. The predicted octanol–water partition coefficient (Wildman–Crippen LogP) is 5.64. The summed E-state index contributed by atoms with van der Waals surface area (Å²) in [5.41, 5.74) is 0.369. The Morgan fingerprint density at radius 2 is 1.35 bits per heavy atom. The van der Waals surface area contributed by atoms with Crippen LogP contribution in [0.2, 0.25) is 0 Å². The molecule has 0 aromatic carbocycles. The molecule has 0 amide bonds. The van der Waals surface area contributed by atoms with Crippen molar-refractivity contribution in [3.8, 4) is 0 Å². The van der Waals surface area contributed by atoms with Crippen LogP contribution in [0.15, 0.2) is 23.8 Å². The number of allylic oxidation sites excluding steroid dienone is 1. The summed E-state index contributed by atoms with van der Waals surface area (Å²) in [6, 6.07) is 0. The van der Waals surface area contributed by atoms with Crippen LogP contribution in [0, 0.1) is 0 Å². The van der Waals surface area contributed by atoms with Gasteiger partial charge in [-0.2, -0.15) is 0 Å². The number of hydrogen-bond donors (Lipinski definition) is 0. The SMILES string of the molecule is CCCCCCCCCCCCCC/C=C/C1=CC(=O)OC1=O. The van der Waals surface area contributed by atoms with Gasteiger partial charge in [-0.1, -0.05) is 89.7 Å². The molecule has 0 spiro atoms. The fourth-order valence-corrected chi connectivity index (χ4v) is 2.80. The van der Waals surface area contributed by atoms with Crippen molar-refractivity contribution in [2.24, 2.45) is 0 Å². The first-order valence-corrected chi connectivity index (χ1v) is 9.38. The van der Waals surface area contributed by atoms with Crippen LogP contribution in [0.4, 0.5) is 0 Å². The zero-order chi connectivity index (χ0) is 16.8. The highest BCUT2D eigenvalue weighted by atomic mass is 16.6. The lowest BCUT2D eigenvalue weighted by molar-refractivity contribution is -0.150. The number of esters is 2. The predicted molar refractivity (Wildman–Crippen MR) is 94.0 cm³/mol. The largest absolute Gasteiger partial charge is 0.386 e. The van der Waals surface area contributed by atoms with Gasteiger partial charge in [0.1, 0.15) is 0 Å². The maximum absolute atomic E-state index is 11.2. The molecule has 0 bridgehead atoms. The van der Waals surface area contributed by atoms with Crippen LogP contribution in [0.25, 0.3) is 0 Å². The van der Waals surface area contributed by atoms with Gasteiger partial charge in [0, 0.05) is 6.08 Å². The van der Waals surface area contributed by atoms with Crippen molar-refractivity contribution in [1.82, 2.24) is 0 Å². The molecule has 0 saturated carbocycles. The highest BCUT2D eigenvalue weighted by Gasteiger charge is 2.20. The molecule has 1 aliphatic rings. The molecular weight excluding hydrogens is 288 g/mol. The summed E-state index contributed by atoms with van der Waals surface area (Å²) in [4.78, 5) is 22.0. The third-order valence-electron chi connectivity index (χ3n) is 4.22. The second-order valence-corrected chi connectivity index (χ2v) is 6.39. The first-order chi connectivity index (χ1) is 11.2. The summed E-state index contributed by atoms with van der Waals surface area (Å²) in [5.74, 6) is -1.08. The quantitative estimate of drug-likeness (QED) is 0.236. The summed E-state index contributed by atoms with van der Waals surface area (Å²) < 4.78 is 4.42. The Balaban J connectivity index is 1.84. The second kappa shape index (κ2) is 13.1. The van der Waals surface area contributed by atoms with Crippen molar-refractivity contribution in [3.05, 3.63) is 23.8 Å². The van der Waals surface area contributed by atoms with Gasteiger partial charge < -0.3 is 4.74 Å². The Morgan fingerprint density at radius 1 is 0.826 bits per heavy atom. The number of carbonyl (C=O) groups excluding carboxylic acids is 2. The van der Waals surface area contributed by atoms with Gasteiger partial charge in [0.2, 0.25) is 0 Å². The van der Waals surface area contributed by atoms with Crippen LogP contribution in [0.5, 0.6) is 0 Å². The van der Waals surface area contributed by atoms with Gasteiger partial charge in [0.05, 0.1) is 5.57 Å². The monoisotopic (exact) mass is 320 g/mol. The van der Waals surface area contributed by atoms with E-state index >= 15 is 0 Å². The van der Waals surface area contributed by atoms with Crippen LogP contribution in [-0.2, 0) is 14.3 Å². The van der Waals surface area contributed by atoms with Crippen molar-refractivity contribution in [1.29, 1.82) is 0 Å². The first-order valence-electron chi connectivity index (χ1n) is 9.38. The summed E-state index contributed by atoms with van der Waals surface area (Å²) in [5, 5.41) is 0. The fraction of sp³-hybridized carbons (Fsp3) is 0.700. The number of cyclic esters (lactones) is 2. The van der Waals surface area contributed by atoms with E-state index in [0.29, 0.717) is 5.57 Å². The van der Waals surface area contributed by atoms with E-state index in [1.807, 2.05) is 6.08 Å². The van der Waals surface area contributed by atoms with Gasteiger partial charge in [-0.15, -0.1) is 0 Å². The summed E-state index contributed by atoms with van der Waals surface area (Å²) in [6.45, 7) is 2.26. The maximum atomic E-state index is 11.2. The Bertz CT molecular complexity index is 407. The molecule has 1 rings (SSSR count). The van der Waals surface area contributed by atoms with Crippen LogP contribution >= 0.6 is 0 Å². The van der Waals surface area contributed by atoms with Crippen LogP contribution in [0.1, 0.15) is 90.4 Å². The number of ether oxygens (including phenoxy) is 1. The van der Waals surface area contributed by atoms with E-state index in [1.54, 1.807) is 6.08 Å². The minimum Gasteiger partial charge on any atom is -0.386 e. The second-order valence-electron chi connectivity index (χ2n) is 6.39. The molecule has 0 unspecified atom stereocenters. The third kappa shape index (κ3) is 10.1. The Morgan fingerprint density at radius 3 is 1.83 bits per heavy atom. The molecule has 0 saturated heterocycles. The molecule has 1 heterocycles.